The fraction of sp³-hybridized carbons (Fsp3) is 0.556. The van der Waals surface area contributed by atoms with E-state index in [1.165, 1.54) is 5.57 Å². The van der Waals surface area contributed by atoms with E-state index in [1.807, 2.05) is 13.0 Å². The predicted octanol–water partition coefficient (Wildman–Crippen LogP) is 1.89. The lowest BCUT2D eigenvalue weighted by molar-refractivity contribution is 0.148. The van der Waals surface area contributed by atoms with Gasteiger partial charge >= 0.3 is 0 Å². The van der Waals surface area contributed by atoms with Crippen molar-refractivity contribution in [3.8, 4) is 0 Å². The van der Waals surface area contributed by atoms with Gasteiger partial charge in [0.05, 0.1) is 6.10 Å². The summed E-state index contributed by atoms with van der Waals surface area (Å²) in [5.74, 6) is 0.338. The molecule has 1 rings (SSSR count). The van der Waals surface area contributed by atoms with Crippen LogP contribution in [0.15, 0.2) is 23.8 Å². The third kappa shape index (κ3) is 1.71. The van der Waals surface area contributed by atoms with Crippen molar-refractivity contribution in [1.29, 1.82) is 0 Å². The monoisotopic (exact) mass is 138 g/mol. The first kappa shape index (κ1) is 7.55. The average molecular weight is 138 g/mol. The second kappa shape index (κ2) is 3.02. The predicted molar refractivity (Wildman–Crippen MR) is 42.7 cm³/mol. The van der Waals surface area contributed by atoms with Crippen molar-refractivity contribution < 1.29 is 5.11 Å². The van der Waals surface area contributed by atoms with Gasteiger partial charge in [-0.05, 0) is 20.3 Å². The van der Waals surface area contributed by atoms with E-state index in [9.17, 15) is 5.11 Å². The largest absolute Gasteiger partial charge is 0.393 e. The number of aliphatic hydroxyl groups excluding tert-OH is 1. The molecule has 0 radical (unpaired) electrons. The van der Waals surface area contributed by atoms with E-state index in [1.54, 1.807) is 0 Å². The first-order valence-corrected chi connectivity index (χ1v) is 3.72. The van der Waals surface area contributed by atoms with Crippen molar-refractivity contribution in [3.05, 3.63) is 23.8 Å². The second-order valence-electron chi connectivity index (χ2n) is 3.01. The normalized spacial score (nSPS) is 27.9. The topological polar surface area (TPSA) is 20.2 Å². The molecule has 0 aromatic rings. The zero-order valence-corrected chi connectivity index (χ0v) is 6.54. The Kier molecular flexibility index (Phi) is 2.28. The van der Waals surface area contributed by atoms with E-state index in [4.69, 9.17) is 0 Å². The van der Waals surface area contributed by atoms with E-state index in [0.29, 0.717) is 5.92 Å². The maximum atomic E-state index is 9.22. The molecule has 0 spiro atoms. The summed E-state index contributed by atoms with van der Waals surface area (Å²) in [6.45, 7) is 3.94. The second-order valence-corrected chi connectivity index (χ2v) is 3.01. The summed E-state index contributed by atoms with van der Waals surface area (Å²) >= 11 is 0. The Morgan fingerprint density at radius 1 is 1.70 bits per heavy atom. The summed E-state index contributed by atoms with van der Waals surface area (Å²) in [5.41, 5.74) is 1.36. The summed E-state index contributed by atoms with van der Waals surface area (Å²) in [7, 11) is 0. The van der Waals surface area contributed by atoms with Gasteiger partial charge in [0.15, 0.2) is 0 Å². The van der Waals surface area contributed by atoms with E-state index < -0.39 is 0 Å². The van der Waals surface area contributed by atoms with Gasteiger partial charge in [-0.3, -0.25) is 0 Å². The molecule has 1 heteroatoms. The molecule has 10 heavy (non-hydrogen) atoms. The van der Waals surface area contributed by atoms with Gasteiger partial charge in [0.1, 0.15) is 0 Å². The van der Waals surface area contributed by atoms with E-state index in [2.05, 4.69) is 19.1 Å². The molecule has 1 nitrogen and oxygen atoms in total. The Morgan fingerprint density at radius 2 is 2.40 bits per heavy atom. The van der Waals surface area contributed by atoms with Gasteiger partial charge in [-0.25, -0.2) is 0 Å². The van der Waals surface area contributed by atoms with Crippen LogP contribution in [0.5, 0.6) is 0 Å². The molecule has 0 aromatic heterocycles. The van der Waals surface area contributed by atoms with Crippen molar-refractivity contribution >= 4 is 0 Å². The number of allylic oxidation sites excluding steroid dienone is 3. The van der Waals surface area contributed by atoms with E-state index in [0.717, 1.165) is 6.42 Å². The molecule has 2 atom stereocenters. The maximum absolute atomic E-state index is 9.22. The van der Waals surface area contributed by atoms with Crippen molar-refractivity contribution in [1.82, 2.24) is 0 Å². The third-order valence-electron chi connectivity index (χ3n) is 1.92. The third-order valence-corrected chi connectivity index (χ3v) is 1.92. The molecule has 0 heterocycles. The van der Waals surface area contributed by atoms with Crippen LogP contribution in [-0.2, 0) is 0 Å². The minimum atomic E-state index is -0.208. The van der Waals surface area contributed by atoms with Crippen molar-refractivity contribution in [2.75, 3.05) is 0 Å². The summed E-state index contributed by atoms with van der Waals surface area (Å²) in [6.07, 6.45) is 6.99. The Hall–Kier alpha value is -0.560. The summed E-state index contributed by atoms with van der Waals surface area (Å²) in [5, 5.41) is 9.22. The fourth-order valence-electron chi connectivity index (χ4n) is 1.20. The van der Waals surface area contributed by atoms with Gasteiger partial charge in [-0.15, -0.1) is 0 Å². The summed E-state index contributed by atoms with van der Waals surface area (Å²) in [4.78, 5) is 0. The zero-order chi connectivity index (χ0) is 7.56. The number of hydrogen-bond acceptors (Lipinski definition) is 1. The molecule has 1 aliphatic rings. The maximum Gasteiger partial charge on any atom is 0.0577 e. The molecule has 0 saturated heterocycles. The van der Waals surface area contributed by atoms with Crippen LogP contribution in [0, 0.1) is 5.92 Å². The molecule has 0 saturated carbocycles. The van der Waals surface area contributed by atoms with Crippen LogP contribution in [0.2, 0.25) is 0 Å². The lowest BCUT2D eigenvalue weighted by Crippen LogP contribution is -2.15. The molecule has 0 aliphatic heterocycles. The number of hydrogen-bond donors (Lipinski definition) is 1. The summed E-state index contributed by atoms with van der Waals surface area (Å²) in [6, 6.07) is 0. The van der Waals surface area contributed by atoms with Crippen LogP contribution in [0.4, 0.5) is 0 Å². The smallest absolute Gasteiger partial charge is 0.0577 e. The number of aliphatic hydroxyl groups is 1. The van der Waals surface area contributed by atoms with Crippen molar-refractivity contribution in [2.45, 2.75) is 26.4 Å². The molecule has 1 N–H and O–H groups in total. The number of rotatable bonds is 1. The molecule has 0 bridgehead atoms. The van der Waals surface area contributed by atoms with Gasteiger partial charge in [0.2, 0.25) is 0 Å². The van der Waals surface area contributed by atoms with Gasteiger partial charge in [-0.2, -0.15) is 0 Å². The van der Waals surface area contributed by atoms with Gasteiger partial charge in [0.25, 0.3) is 0 Å². The minimum absolute atomic E-state index is 0.208. The average Bonchev–Trinajstić information content (AvgIpc) is 1.88. The minimum Gasteiger partial charge on any atom is -0.393 e. The molecule has 1 aliphatic carbocycles. The van der Waals surface area contributed by atoms with Crippen LogP contribution < -0.4 is 0 Å². The molecule has 0 aromatic carbocycles. The van der Waals surface area contributed by atoms with Crippen molar-refractivity contribution in [3.63, 3.8) is 0 Å². The Labute approximate surface area is 62.1 Å². The highest BCUT2D eigenvalue weighted by Gasteiger charge is 2.13. The highest BCUT2D eigenvalue weighted by Crippen LogP contribution is 2.20. The van der Waals surface area contributed by atoms with Crippen LogP contribution in [0.3, 0.4) is 0 Å². The first-order chi connectivity index (χ1) is 4.70. The molecule has 0 fully saturated rings. The quantitative estimate of drug-likeness (QED) is 0.586. The lowest BCUT2D eigenvalue weighted by Gasteiger charge is -2.18. The zero-order valence-electron chi connectivity index (χ0n) is 6.54. The van der Waals surface area contributed by atoms with Crippen LogP contribution in [0.25, 0.3) is 0 Å². The highest BCUT2D eigenvalue weighted by molar-refractivity contribution is 5.18. The molecular weight excluding hydrogens is 124 g/mol. The van der Waals surface area contributed by atoms with E-state index >= 15 is 0 Å². The van der Waals surface area contributed by atoms with Crippen LogP contribution in [0.1, 0.15) is 20.3 Å². The summed E-state index contributed by atoms with van der Waals surface area (Å²) < 4.78 is 0. The SMILES string of the molecule is CC1=CC=C[C@H]([C@H](C)O)C1. The Bertz CT molecular complexity index is 166. The standard InChI is InChI=1S/C9H14O/c1-7-4-3-5-9(6-7)8(2)10/h3-5,8-10H,6H2,1-2H3/t8-,9-/m0/s1. The van der Waals surface area contributed by atoms with E-state index in [-0.39, 0.29) is 6.10 Å². The molecule has 0 unspecified atom stereocenters. The first-order valence-electron chi connectivity index (χ1n) is 3.72. The van der Waals surface area contributed by atoms with Gasteiger partial charge in [-0.1, -0.05) is 23.8 Å². The lowest BCUT2D eigenvalue weighted by atomic mass is 9.91. The molecular formula is C9H14O. The Balaban J connectivity index is 2.55. The molecule has 56 valence electrons. The van der Waals surface area contributed by atoms with Crippen molar-refractivity contribution in [2.24, 2.45) is 5.92 Å². The molecule has 0 amide bonds. The van der Waals surface area contributed by atoms with Gasteiger partial charge < -0.3 is 5.11 Å². The Morgan fingerprint density at radius 3 is 2.80 bits per heavy atom. The van der Waals surface area contributed by atoms with Crippen LogP contribution >= 0.6 is 0 Å². The van der Waals surface area contributed by atoms with Gasteiger partial charge in [0, 0.05) is 5.92 Å². The fourth-order valence-corrected chi connectivity index (χ4v) is 1.20. The highest BCUT2D eigenvalue weighted by atomic mass is 16.3. The van der Waals surface area contributed by atoms with Crippen LogP contribution in [-0.4, -0.2) is 11.2 Å².